The van der Waals surface area contributed by atoms with Gasteiger partial charge in [-0.15, -0.1) is 11.3 Å². The fourth-order valence-corrected chi connectivity index (χ4v) is 4.13. The number of hydrogen-bond acceptors (Lipinski definition) is 8. The predicted octanol–water partition coefficient (Wildman–Crippen LogP) is 3.07. The highest BCUT2D eigenvalue weighted by atomic mass is 32.1. The van der Waals surface area contributed by atoms with Crippen molar-refractivity contribution >= 4 is 34.8 Å². The molecule has 2 heterocycles. The summed E-state index contributed by atoms with van der Waals surface area (Å²) >= 11 is 1.20. The fourth-order valence-electron chi connectivity index (χ4n) is 3.39. The molecule has 2 N–H and O–H groups in total. The lowest BCUT2D eigenvalue weighted by molar-refractivity contribution is -0.119. The van der Waals surface area contributed by atoms with Crippen molar-refractivity contribution in [1.82, 2.24) is 20.3 Å². The van der Waals surface area contributed by atoms with Gasteiger partial charge in [0.25, 0.3) is 11.8 Å². The molecule has 164 valence electrons. The van der Waals surface area contributed by atoms with E-state index in [0.29, 0.717) is 22.1 Å². The summed E-state index contributed by atoms with van der Waals surface area (Å²) in [6.45, 7) is -0.508. The van der Waals surface area contributed by atoms with Gasteiger partial charge in [-0.25, -0.2) is 19.7 Å². The van der Waals surface area contributed by atoms with E-state index in [2.05, 4.69) is 25.6 Å². The molecular weight excluding hydrogens is 430 g/mol. The third-order valence-corrected chi connectivity index (χ3v) is 5.78. The zero-order chi connectivity index (χ0) is 22.3. The number of carbonyl (C=O) groups is 3. The summed E-state index contributed by atoms with van der Waals surface area (Å²) in [6, 6.07) is 8.58. The summed E-state index contributed by atoms with van der Waals surface area (Å²) in [7, 11) is 0. The van der Waals surface area contributed by atoms with Gasteiger partial charge in [0, 0.05) is 23.8 Å². The number of ether oxygens (including phenoxy) is 1. The molecule has 1 saturated carbocycles. The van der Waals surface area contributed by atoms with Gasteiger partial charge >= 0.3 is 5.97 Å². The quantitative estimate of drug-likeness (QED) is 0.529. The summed E-state index contributed by atoms with van der Waals surface area (Å²) in [6.07, 6.45) is 7.30. The smallest absolute Gasteiger partial charge is 0.358 e. The largest absolute Gasteiger partial charge is 0.451 e. The first-order valence-electron chi connectivity index (χ1n) is 10.2. The molecule has 0 spiro atoms. The van der Waals surface area contributed by atoms with Gasteiger partial charge in [0.05, 0.1) is 11.3 Å². The van der Waals surface area contributed by atoms with Crippen molar-refractivity contribution in [1.29, 1.82) is 0 Å². The normalized spacial score (nSPS) is 13.5. The van der Waals surface area contributed by atoms with Crippen LogP contribution in [-0.2, 0) is 9.53 Å². The summed E-state index contributed by atoms with van der Waals surface area (Å²) in [5, 5.41) is 7.64. The van der Waals surface area contributed by atoms with Gasteiger partial charge in [-0.2, -0.15) is 0 Å². The predicted molar refractivity (Wildman–Crippen MR) is 118 cm³/mol. The zero-order valence-electron chi connectivity index (χ0n) is 17.1. The number of esters is 1. The van der Waals surface area contributed by atoms with Crippen LogP contribution in [0.25, 0.3) is 10.8 Å². The summed E-state index contributed by atoms with van der Waals surface area (Å²) in [4.78, 5) is 49.5. The molecular formula is C22H21N5O4S. The number of carbonyl (C=O) groups excluding carboxylic acids is 3. The van der Waals surface area contributed by atoms with Crippen LogP contribution in [0, 0.1) is 0 Å². The number of para-hydroxylation sites is 1. The minimum atomic E-state index is -0.731. The molecule has 2 aromatic heterocycles. The second kappa shape index (κ2) is 10.1. The van der Waals surface area contributed by atoms with E-state index in [9.17, 15) is 14.4 Å². The molecule has 1 aliphatic rings. The second-order valence-electron chi connectivity index (χ2n) is 7.24. The Morgan fingerprint density at radius 1 is 1.06 bits per heavy atom. The molecule has 9 nitrogen and oxygen atoms in total. The Morgan fingerprint density at radius 3 is 2.59 bits per heavy atom. The van der Waals surface area contributed by atoms with Crippen molar-refractivity contribution in [3.8, 4) is 10.8 Å². The Hall–Kier alpha value is -3.66. The van der Waals surface area contributed by atoms with Gasteiger partial charge in [0.15, 0.2) is 23.1 Å². The number of anilines is 1. The minimum Gasteiger partial charge on any atom is -0.451 e. The summed E-state index contributed by atoms with van der Waals surface area (Å²) in [5.41, 5.74) is 0.800. The molecule has 32 heavy (non-hydrogen) atoms. The molecule has 0 atom stereocenters. The van der Waals surface area contributed by atoms with Crippen LogP contribution in [-0.4, -0.2) is 45.4 Å². The first-order valence-corrected chi connectivity index (χ1v) is 11.1. The van der Waals surface area contributed by atoms with E-state index in [1.165, 1.54) is 16.7 Å². The average molecular weight is 452 g/mol. The van der Waals surface area contributed by atoms with E-state index < -0.39 is 18.5 Å². The number of aromatic nitrogens is 3. The van der Waals surface area contributed by atoms with E-state index >= 15 is 0 Å². The van der Waals surface area contributed by atoms with Gasteiger partial charge in [-0.3, -0.25) is 9.59 Å². The van der Waals surface area contributed by atoms with Crippen LogP contribution in [0.15, 0.2) is 48.1 Å². The molecule has 3 aromatic rings. The maximum absolute atomic E-state index is 12.6. The Bertz CT molecular complexity index is 1110. The first kappa shape index (κ1) is 21.6. The third-order valence-electron chi connectivity index (χ3n) is 4.94. The van der Waals surface area contributed by atoms with Gasteiger partial charge in [0.1, 0.15) is 0 Å². The number of rotatable bonds is 7. The number of hydrogen-bond donors (Lipinski definition) is 2. The lowest BCUT2D eigenvalue weighted by Crippen LogP contribution is -2.33. The van der Waals surface area contributed by atoms with Crippen LogP contribution in [0.5, 0.6) is 0 Å². The number of amides is 2. The molecule has 1 fully saturated rings. The lowest BCUT2D eigenvalue weighted by atomic mass is 10.1. The molecule has 1 aliphatic carbocycles. The standard InChI is InChI=1S/C22H21N5O4S/c28-18(12-31-22(30)17-13-32-21(27-17)19-23-10-5-11-24-19)26-16-9-4-3-8-15(16)20(29)25-14-6-1-2-7-14/h3-5,8-11,13-14H,1-2,6-7,12H2,(H,25,29)(H,26,28). The Morgan fingerprint density at radius 2 is 1.81 bits per heavy atom. The van der Waals surface area contributed by atoms with Crippen LogP contribution >= 0.6 is 11.3 Å². The molecule has 0 radical (unpaired) electrons. The maximum atomic E-state index is 12.6. The summed E-state index contributed by atoms with van der Waals surface area (Å²) in [5.74, 6) is -1.11. The van der Waals surface area contributed by atoms with Crippen molar-refractivity contribution in [3.05, 3.63) is 59.4 Å². The highest BCUT2D eigenvalue weighted by Gasteiger charge is 2.21. The topological polar surface area (TPSA) is 123 Å². The minimum absolute atomic E-state index is 0.0709. The number of thiazole rings is 1. The molecule has 0 unspecified atom stereocenters. The van der Waals surface area contributed by atoms with E-state index in [4.69, 9.17) is 4.74 Å². The van der Waals surface area contributed by atoms with Crippen molar-refractivity contribution < 1.29 is 19.1 Å². The molecule has 1 aromatic carbocycles. The van der Waals surface area contributed by atoms with E-state index in [1.54, 1.807) is 42.7 Å². The summed E-state index contributed by atoms with van der Waals surface area (Å²) < 4.78 is 5.07. The van der Waals surface area contributed by atoms with Crippen LogP contribution in [0.4, 0.5) is 5.69 Å². The highest BCUT2D eigenvalue weighted by Crippen LogP contribution is 2.21. The SMILES string of the molecule is O=C(COC(=O)c1csc(-c2ncccn2)n1)Nc1ccccc1C(=O)NC1CCCC1. The number of nitrogens with zero attached hydrogens (tertiary/aromatic N) is 3. The van der Waals surface area contributed by atoms with Crippen molar-refractivity contribution in [2.24, 2.45) is 0 Å². The molecule has 10 heteroatoms. The molecule has 0 saturated heterocycles. The van der Waals surface area contributed by atoms with Crippen molar-refractivity contribution in [2.75, 3.05) is 11.9 Å². The van der Waals surface area contributed by atoms with Crippen LogP contribution in [0.3, 0.4) is 0 Å². The molecule has 0 bridgehead atoms. The van der Waals surface area contributed by atoms with Gasteiger partial charge < -0.3 is 15.4 Å². The van der Waals surface area contributed by atoms with Crippen molar-refractivity contribution in [2.45, 2.75) is 31.7 Å². The van der Waals surface area contributed by atoms with E-state index in [-0.39, 0.29) is 17.6 Å². The monoisotopic (exact) mass is 451 g/mol. The van der Waals surface area contributed by atoms with E-state index in [0.717, 1.165) is 25.7 Å². The highest BCUT2D eigenvalue weighted by molar-refractivity contribution is 7.13. The number of nitrogens with one attached hydrogen (secondary N) is 2. The average Bonchev–Trinajstić information content (AvgIpc) is 3.51. The molecule has 2 amide bonds. The van der Waals surface area contributed by atoms with Gasteiger partial charge in [-0.05, 0) is 31.0 Å². The zero-order valence-corrected chi connectivity index (χ0v) is 17.9. The fraction of sp³-hybridized carbons (Fsp3) is 0.273. The number of benzene rings is 1. The molecule has 4 rings (SSSR count). The van der Waals surface area contributed by atoms with E-state index in [1.807, 2.05) is 0 Å². The third kappa shape index (κ3) is 5.33. The van der Waals surface area contributed by atoms with Crippen LogP contribution < -0.4 is 10.6 Å². The van der Waals surface area contributed by atoms with Crippen molar-refractivity contribution in [3.63, 3.8) is 0 Å². The van der Waals surface area contributed by atoms with Gasteiger partial charge in [0.2, 0.25) is 0 Å². The maximum Gasteiger partial charge on any atom is 0.358 e. The van der Waals surface area contributed by atoms with Crippen LogP contribution in [0.1, 0.15) is 46.5 Å². The first-order chi connectivity index (χ1) is 15.6. The van der Waals surface area contributed by atoms with Gasteiger partial charge in [-0.1, -0.05) is 25.0 Å². The van der Waals surface area contributed by atoms with Crippen LogP contribution in [0.2, 0.25) is 0 Å². The lowest BCUT2D eigenvalue weighted by Gasteiger charge is -2.15. The Kier molecular flexibility index (Phi) is 6.81. The second-order valence-corrected chi connectivity index (χ2v) is 8.09. The Balaban J connectivity index is 1.33. The molecule has 0 aliphatic heterocycles. The Labute approximate surface area is 188 Å².